The maximum atomic E-state index is 5.46. The summed E-state index contributed by atoms with van der Waals surface area (Å²) in [7, 11) is 2.23. The molecule has 0 radical (unpaired) electrons. The van der Waals surface area contributed by atoms with Crippen LogP contribution in [0.4, 0.5) is 5.82 Å². The number of rotatable bonds is 3. The Labute approximate surface area is 174 Å². The maximum Gasteiger partial charge on any atom is 0.128 e. The van der Waals surface area contributed by atoms with Crippen LogP contribution >= 0.6 is 0 Å². The Kier molecular flexibility index (Phi) is 5.53. The first-order chi connectivity index (χ1) is 14.3. The van der Waals surface area contributed by atoms with Gasteiger partial charge in [0.2, 0.25) is 0 Å². The summed E-state index contributed by atoms with van der Waals surface area (Å²) in [6.45, 7) is 8.16. The molecule has 154 valence electrons. The van der Waals surface area contributed by atoms with Crippen molar-refractivity contribution in [3.63, 3.8) is 0 Å². The molecule has 1 aliphatic carbocycles. The monoisotopic (exact) mass is 392 g/mol. The molecular formula is C24H32N4O. The number of nitrogens with zero attached hydrogens (tertiary/aromatic N) is 4. The van der Waals surface area contributed by atoms with E-state index in [-0.39, 0.29) is 0 Å². The SMILES string of the molecule is CN1CCN(C2CCCc3ccc(-c4ccc(N5CCOCC5)nc4)cc32)CC1. The Morgan fingerprint density at radius 2 is 1.72 bits per heavy atom. The summed E-state index contributed by atoms with van der Waals surface area (Å²) in [5.41, 5.74) is 5.61. The molecule has 2 aromatic rings. The van der Waals surface area contributed by atoms with Gasteiger partial charge in [-0.15, -0.1) is 0 Å². The number of piperazine rings is 1. The van der Waals surface area contributed by atoms with Crippen molar-refractivity contribution >= 4 is 5.82 Å². The van der Waals surface area contributed by atoms with Gasteiger partial charge in [0.1, 0.15) is 5.82 Å². The van der Waals surface area contributed by atoms with Gasteiger partial charge in [-0.2, -0.15) is 0 Å². The highest BCUT2D eigenvalue weighted by Crippen LogP contribution is 2.37. The molecule has 0 spiro atoms. The van der Waals surface area contributed by atoms with E-state index in [0.29, 0.717) is 6.04 Å². The Morgan fingerprint density at radius 1 is 0.931 bits per heavy atom. The number of benzene rings is 1. The molecule has 3 heterocycles. The van der Waals surface area contributed by atoms with Crippen LogP contribution in [0, 0.1) is 0 Å². The normalized spacial score (nSPS) is 23.8. The minimum atomic E-state index is 0.577. The molecule has 5 nitrogen and oxygen atoms in total. The van der Waals surface area contributed by atoms with Crippen LogP contribution in [0.5, 0.6) is 0 Å². The Hall–Kier alpha value is -1.95. The van der Waals surface area contributed by atoms with E-state index in [0.717, 1.165) is 32.1 Å². The second kappa shape index (κ2) is 8.42. The fourth-order valence-corrected chi connectivity index (χ4v) is 5.00. The average molecular weight is 393 g/mol. The molecule has 2 aliphatic heterocycles. The zero-order valence-electron chi connectivity index (χ0n) is 17.5. The molecule has 0 N–H and O–H groups in total. The first-order valence-electron chi connectivity index (χ1n) is 11.1. The van der Waals surface area contributed by atoms with Gasteiger partial charge < -0.3 is 14.5 Å². The minimum absolute atomic E-state index is 0.577. The van der Waals surface area contributed by atoms with E-state index in [9.17, 15) is 0 Å². The molecule has 1 unspecified atom stereocenters. The molecule has 1 aromatic heterocycles. The number of anilines is 1. The molecule has 3 aliphatic rings. The number of morpholine rings is 1. The van der Waals surface area contributed by atoms with Crippen molar-refractivity contribution in [2.45, 2.75) is 25.3 Å². The Morgan fingerprint density at radius 3 is 2.48 bits per heavy atom. The van der Waals surface area contributed by atoms with Crippen LogP contribution < -0.4 is 4.90 Å². The average Bonchev–Trinajstić information content (AvgIpc) is 2.80. The van der Waals surface area contributed by atoms with Crippen molar-refractivity contribution in [2.24, 2.45) is 0 Å². The van der Waals surface area contributed by atoms with Crippen LogP contribution in [0.25, 0.3) is 11.1 Å². The summed E-state index contributed by atoms with van der Waals surface area (Å²) < 4.78 is 5.46. The van der Waals surface area contributed by atoms with E-state index in [4.69, 9.17) is 9.72 Å². The summed E-state index contributed by atoms with van der Waals surface area (Å²) >= 11 is 0. The Balaban J connectivity index is 1.38. The molecular weight excluding hydrogens is 360 g/mol. The smallest absolute Gasteiger partial charge is 0.128 e. The third kappa shape index (κ3) is 4.04. The van der Waals surface area contributed by atoms with E-state index in [2.05, 4.69) is 52.1 Å². The van der Waals surface area contributed by atoms with Crippen molar-refractivity contribution in [3.05, 3.63) is 47.7 Å². The molecule has 0 amide bonds. The lowest BCUT2D eigenvalue weighted by atomic mass is 9.84. The molecule has 0 saturated carbocycles. The van der Waals surface area contributed by atoms with Crippen LogP contribution in [0.15, 0.2) is 36.5 Å². The fraction of sp³-hybridized carbons (Fsp3) is 0.542. The third-order valence-corrected chi connectivity index (χ3v) is 6.82. The van der Waals surface area contributed by atoms with E-state index < -0.39 is 0 Å². The van der Waals surface area contributed by atoms with E-state index in [1.807, 2.05) is 6.20 Å². The van der Waals surface area contributed by atoms with Crippen LogP contribution in [0.1, 0.15) is 30.0 Å². The molecule has 2 saturated heterocycles. The number of pyridine rings is 1. The zero-order chi connectivity index (χ0) is 19.6. The summed E-state index contributed by atoms with van der Waals surface area (Å²) in [6, 6.07) is 12.1. The highest BCUT2D eigenvalue weighted by molar-refractivity contribution is 5.66. The molecule has 1 aromatic carbocycles. The molecule has 5 rings (SSSR count). The van der Waals surface area contributed by atoms with E-state index in [1.54, 1.807) is 11.1 Å². The Bertz CT molecular complexity index is 823. The van der Waals surface area contributed by atoms with Crippen LogP contribution in [0.3, 0.4) is 0 Å². The second-order valence-electron chi connectivity index (χ2n) is 8.67. The van der Waals surface area contributed by atoms with Gasteiger partial charge in [0.15, 0.2) is 0 Å². The number of aryl methyl sites for hydroxylation is 1. The zero-order valence-corrected chi connectivity index (χ0v) is 17.5. The van der Waals surface area contributed by atoms with Crippen LogP contribution in [-0.4, -0.2) is 74.3 Å². The lowest BCUT2D eigenvalue weighted by Crippen LogP contribution is -2.46. The van der Waals surface area contributed by atoms with Gasteiger partial charge in [0.05, 0.1) is 13.2 Å². The van der Waals surface area contributed by atoms with Gasteiger partial charge in [-0.25, -0.2) is 4.98 Å². The van der Waals surface area contributed by atoms with Gasteiger partial charge in [0, 0.05) is 57.1 Å². The lowest BCUT2D eigenvalue weighted by molar-refractivity contribution is 0.102. The molecule has 0 bridgehead atoms. The van der Waals surface area contributed by atoms with Crippen LogP contribution in [-0.2, 0) is 11.2 Å². The van der Waals surface area contributed by atoms with Crippen molar-refractivity contribution in [3.8, 4) is 11.1 Å². The summed E-state index contributed by atoms with van der Waals surface area (Å²) in [4.78, 5) is 12.2. The molecule has 5 heteroatoms. The van der Waals surface area contributed by atoms with E-state index in [1.165, 1.54) is 56.6 Å². The molecule has 2 fully saturated rings. The topological polar surface area (TPSA) is 31.8 Å². The minimum Gasteiger partial charge on any atom is -0.378 e. The highest BCUT2D eigenvalue weighted by Gasteiger charge is 2.28. The van der Waals surface area contributed by atoms with Crippen molar-refractivity contribution in [1.29, 1.82) is 0 Å². The van der Waals surface area contributed by atoms with Gasteiger partial charge in [0.25, 0.3) is 0 Å². The number of fused-ring (bicyclic) bond motifs is 1. The number of hydrogen-bond acceptors (Lipinski definition) is 5. The van der Waals surface area contributed by atoms with Gasteiger partial charge in [-0.3, -0.25) is 4.90 Å². The third-order valence-electron chi connectivity index (χ3n) is 6.82. The van der Waals surface area contributed by atoms with E-state index >= 15 is 0 Å². The van der Waals surface area contributed by atoms with Crippen LogP contribution in [0.2, 0.25) is 0 Å². The number of ether oxygens (including phenoxy) is 1. The van der Waals surface area contributed by atoms with Gasteiger partial charge in [-0.05, 0) is 61.2 Å². The molecule has 29 heavy (non-hydrogen) atoms. The van der Waals surface area contributed by atoms with Gasteiger partial charge >= 0.3 is 0 Å². The lowest BCUT2D eigenvalue weighted by Gasteiger charge is -2.40. The van der Waals surface area contributed by atoms with Crippen molar-refractivity contribution < 1.29 is 4.74 Å². The first kappa shape index (κ1) is 19.0. The second-order valence-corrected chi connectivity index (χ2v) is 8.67. The van der Waals surface area contributed by atoms with Crippen molar-refractivity contribution in [1.82, 2.24) is 14.8 Å². The fourth-order valence-electron chi connectivity index (χ4n) is 5.00. The predicted molar refractivity (Wildman–Crippen MR) is 117 cm³/mol. The van der Waals surface area contributed by atoms with Gasteiger partial charge in [-0.1, -0.05) is 12.1 Å². The summed E-state index contributed by atoms with van der Waals surface area (Å²) in [5, 5.41) is 0. The summed E-state index contributed by atoms with van der Waals surface area (Å²) in [5.74, 6) is 1.06. The van der Waals surface area contributed by atoms with Crippen molar-refractivity contribution in [2.75, 3.05) is 64.4 Å². The largest absolute Gasteiger partial charge is 0.378 e. The number of aromatic nitrogens is 1. The number of likely N-dealkylation sites (N-methyl/N-ethyl adjacent to an activating group) is 1. The quantitative estimate of drug-likeness (QED) is 0.801. The highest BCUT2D eigenvalue weighted by atomic mass is 16.5. The maximum absolute atomic E-state index is 5.46. The first-order valence-corrected chi connectivity index (χ1v) is 11.1. The predicted octanol–water partition coefficient (Wildman–Crippen LogP) is 3.21. The number of hydrogen-bond donors (Lipinski definition) is 0. The summed E-state index contributed by atoms with van der Waals surface area (Å²) in [6.07, 6.45) is 5.85. The standard InChI is InChI=1S/C24H32N4O/c1-26-9-11-27(12-10-26)23-4-2-3-19-5-6-20(17-22(19)23)21-7-8-24(25-18-21)28-13-15-29-16-14-28/h5-8,17-18,23H,2-4,9-16H2,1H3. The molecule has 1 atom stereocenters.